The van der Waals surface area contributed by atoms with Crippen LogP contribution in [0.25, 0.3) is 0 Å². The Labute approximate surface area is 121 Å². The number of hydrogen-bond acceptors (Lipinski definition) is 3. The van der Waals surface area contributed by atoms with Gasteiger partial charge in [0.05, 0.1) is 7.11 Å². The topological polar surface area (TPSA) is 58.6 Å². The minimum absolute atomic E-state index is 0.0619. The van der Waals surface area contributed by atoms with Crippen molar-refractivity contribution in [2.45, 2.75) is 38.5 Å². The average molecular weight is 282 g/mol. The summed E-state index contributed by atoms with van der Waals surface area (Å²) in [5.74, 6) is 0.674. The molecule has 0 aliphatic heterocycles. The molecule has 0 radical (unpaired) electrons. The Morgan fingerprint density at radius 3 is 2.65 bits per heavy atom. The summed E-state index contributed by atoms with van der Waals surface area (Å²) in [5.41, 5.74) is 0. The van der Waals surface area contributed by atoms with Crippen molar-refractivity contribution in [2.24, 2.45) is 5.92 Å². The number of rotatable bonds is 7. The van der Waals surface area contributed by atoms with Crippen molar-refractivity contribution < 1.29 is 14.3 Å². The van der Waals surface area contributed by atoms with Gasteiger partial charge in [-0.05, 0) is 18.8 Å². The first-order chi connectivity index (χ1) is 9.67. The van der Waals surface area contributed by atoms with Crippen LogP contribution in [0.3, 0.4) is 0 Å². The van der Waals surface area contributed by atoms with E-state index in [9.17, 15) is 9.59 Å². The van der Waals surface area contributed by atoms with Gasteiger partial charge in [-0.3, -0.25) is 4.79 Å². The summed E-state index contributed by atoms with van der Waals surface area (Å²) < 4.78 is 4.47. The number of hydrogen-bond donors (Lipinski definition) is 1. The molecule has 1 fully saturated rings. The fourth-order valence-corrected chi connectivity index (χ4v) is 2.62. The summed E-state index contributed by atoms with van der Waals surface area (Å²) in [4.78, 5) is 24.9. The lowest BCUT2D eigenvalue weighted by Crippen LogP contribution is -2.38. The molecule has 1 rings (SSSR count). The third-order valence-electron chi connectivity index (χ3n) is 3.70. The molecule has 0 aromatic heterocycles. The van der Waals surface area contributed by atoms with Gasteiger partial charge >= 0.3 is 6.09 Å². The number of nitrogens with one attached hydrogen (secondary N) is 1. The molecule has 0 bridgehead atoms. The van der Waals surface area contributed by atoms with Crippen molar-refractivity contribution in [1.82, 2.24) is 10.2 Å². The molecule has 0 saturated heterocycles. The van der Waals surface area contributed by atoms with Crippen LogP contribution in [0.5, 0.6) is 0 Å². The van der Waals surface area contributed by atoms with E-state index in [0.29, 0.717) is 25.4 Å². The number of carbonyl (C=O) groups is 2. The van der Waals surface area contributed by atoms with E-state index >= 15 is 0 Å². The van der Waals surface area contributed by atoms with Crippen molar-refractivity contribution in [3.05, 3.63) is 12.7 Å². The van der Waals surface area contributed by atoms with Crippen LogP contribution >= 0.6 is 0 Å². The normalized spacial score (nSPS) is 15.4. The largest absolute Gasteiger partial charge is 0.453 e. The molecule has 20 heavy (non-hydrogen) atoms. The van der Waals surface area contributed by atoms with Crippen LogP contribution in [0.1, 0.15) is 38.5 Å². The van der Waals surface area contributed by atoms with Crippen molar-refractivity contribution in [3.8, 4) is 0 Å². The van der Waals surface area contributed by atoms with E-state index in [1.807, 2.05) is 4.90 Å². The van der Waals surface area contributed by atoms with E-state index < -0.39 is 6.09 Å². The maximum atomic E-state index is 12.2. The molecule has 1 N–H and O–H groups in total. The highest BCUT2D eigenvalue weighted by molar-refractivity contribution is 5.77. The smallest absolute Gasteiger partial charge is 0.406 e. The van der Waals surface area contributed by atoms with Gasteiger partial charge in [-0.2, -0.15) is 0 Å². The lowest BCUT2D eigenvalue weighted by atomic mass is 9.89. The summed E-state index contributed by atoms with van der Waals surface area (Å²) in [5, 5.41) is 2.53. The Morgan fingerprint density at radius 2 is 2.05 bits per heavy atom. The molecule has 1 saturated carbocycles. The van der Waals surface area contributed by atoms with Crippen LogP contribution in [-0.2, 0) is 9.53 Å². The van der Waals surface area contributed by atoms with Crippen LogP contribution in [0.2, 0.25) is 0 Å². The van der Waals surface area contributed by atoms with E-state index in [1.54, 1.807) is 6.08 Å². The Morgan fingerprint density at radius 1 is 1.35 bits per heavy atom. The molecule has 2 amide bonds. The van der Waals surface area contributed by atoms with E-state index in [-0.39, 0.29) is 5.91 Å². The van der Waals surface area contributed by atoms with Gasteiger partial charge in [-0.1, -0.05) is 25.3 Å². The molecule has 0 spiro atoms. The minimum Gasteiger partial charge on any atom is -0.453 e. The number of carbonyl (C=O) groups excluding carboxylic acids is 2. The zero-order valence-electron chi connectivity index (χ0n) is 12.4. The number of alkyl carbamates (subject to hydrolysis) is 1. The van der Waals surface area contributed by atoms with Gasteiger partial charge in [-0.25, -0.2) is 4.79 Å². The second-order valence-electron chi connectivity index (χ2n) is 5.26. The van der Waals surface area contributed by atoms with Crippen LogP contribution in [0, 0.1) is 5.92 Å². The third-order valence-corrected chi connectivity index (χ3v) is 3.70. The van der Waals surface area contributed by atoms with Gasteiger partial charge in [0, 0.05) is 26.1 Å². The van der Waals surface area contributed by atoms with Gasteiger partial charge < -0.3 is 15.0 Å². The summed E-state index contributed by atoms with van der Waals surface area (Å²) >= 11 is 0. The Kier molecular flexibility index (Phi) is 7.77. The third kappa shape index (κ3) is 6.08. The molecule has 1 aliphatic carbocycles. The minimum atomic E-state index is -0.500. The molecule has 0 atom stereocenters. The molecular formula is C15H26N2O3. The van der Waals surface area contributed by atoms with Gasteiger partial charge in [0.25, 0.3) is 0 Å². The first kappa shape index (κ1) is 16.5. The second kappa shape index (κ2) is 9.39. The summed E-state index contributed by atoms with van der Waals surface area (Å²) in [7, 11) is 1.31. The van der Waals surface area contributed by atoms with E-state index in [2.05, 4.69) is 16.6 Å². The summed E-state index contributed by atoms with van der Waals surface area (Å²) in [6.07, 6.45) is 7.83. The van der Waals surface area contributed by atoms with Crippen molar-refractivity contribution in [3.63, 3.8) is 0 Å². The van der Waals surface area contributed by atoms with Crippen LogP contribution in [-0.4, -0.2) is 43.6 Å². The Balaban J connectivity index is 2.36. The maximum Gasteiger partial charge on any atom is 0.406 e. The standard InChI is InChI=1S/C15H26N2O3/c1-3-11-17(12-13-7-5-4-6-8-13)14(18)9-10-16-15(19)20-2/h3,13H,1,4-12H2,2H3,(H,16,19). The highest BCUT2D eigenvalue weighted by atomic mass is 16.5. The van der Waals surface area contributed by atoms with Gasteiger partial charge in [-0.15, -0.1) is 6.58 Å². The summed E-state index contributed by atoms with van der Waals surface area (Å²) in [6, 6.07) is 0. The maximum absolute atomic E-state index is 12.2. The van der Waals surface area contributed by atoms with E-state index in [1.165, 1.54) is 39.2 Å². The number of ether oxygens (including phenoxy) is 1. The van der Waals surface area contributed by atoms with Gasteiger partial charge in [0.1, 0.15) is 0 Å². The fraction of sp³-hybridized carbons (Fsp3) is 0.733. The molecular weight excluding hydrogens is 256 g/mol. The van der Waals surface area contributed by atoms with Crippen molar-refractivity contribution >= 4 is 12.0 Å². The number of amides is 2. The number of methoxy groups -OCH3 is 1. The highest BCUT2D eigenvalue weighted by Gasteiger charge is 2.20. The lowest BCUT2D eigenvalue weighted by Gasteiger charge is -2.29. The molecule has 0 heterocycles. The monoisotopic (exact) mass is 282 g/mol. The Bertz CT molecular complexity index is 325. The highest BCUT2D eigenvalue weighted by Crippen LogP contribution is 2.24. The fourth-order valence-electron chi connectivity index (χ4n) is 2.62. The molecule has 0 aromatic carbocycles. The predicted octanol–water partition coefficient (Wildman–Crippen LogP) is 2.33. The van der Waals surface area contributed by atoms with Crippen LogP contribution in [0.4, 0.5) is 4.79 Å². The van der Waals surface area contributed by atoms with Gasteiger partial charge in [0.15, 0.2) is 0 Å². The Hall–Kier alpha value is -1.52. The summed E-state index contributed by atoms with van der Waals surface area (Å²) in [6.45, 7) is 5.41. The zero-order chi connectivity index (χ0) is 14.8. The quantitative estimate of drug-likeness (QED) is 0.729. The van der Waals surface area contributed by atoms with Crippen molar-refractivity contribution in [2.75, 3.05) is 26.7 Å². The molecule has 0 unspecified atom stereocenters. The first-order valence-corrected chi connectivity index (χ1v) is 7.38. The van der Waals surface area contributed by atoms with Crippen LogP contribution in [0.15, 0.2) is 12.7 Å². The van der Waals surface area contributed by atoms with Crippen molar-refractivity contribution in [1.29, 1.82) is 0 Å². The SMILES string of the molecule is C=CCN(CC1CCCCC1)C(=O)CCNC(=O)OC. The molecule has 0 aromatic rings. The molecule has 1 aliphatic rings. The number of nitrogens with zero attached hydrogens (tertiary/aromatic N) is 1. The predicted molar refractivity (Wildman–Crippen MR) is 78.4 cm³/mol. The molecule has 5 nitrogen and oxygen atoms in total. The molecule has 114 valence electrons. The zero-order valence-corrected chi connectivity index (χ0v) is 12.4. The van der Waals surface area contributed by atoms with Crippen LogP contribution < -0.4 is 5.32 Å². The average Bonchev–Trinajstić information content (AvgIpc) is 2.47. The van der Waals surface area contributed by atoms with E-state index in [4.69, 9.17) is 0 Å². The lowest BCUT2D eigenvalue weighted by molar-refractivity contribution is -0.131. The second-order valence-corrected chi connectivity index (χ2v) is 5.26. The first-order valence-electron chi connectivity index (χ1n) is 7.38. The van der Waals surface area contributed by atoms with Gasteiger partial charge in [0.2, 0.25) is 5.91 Å². The molecule has 5 heteroatoms. The van der Waals surface area contributed by atoms with E-state index in [0.717, 1.165) is 6.54 Å².